The maximum atomic E-state index is 11.8. The predicted octanol–water partition coefficient (Wildman–Crippen LogP) is 1.29. The van der Waals surface area contributed by atoms with Gasteiger partial charge in [-0.1, -0.05) is 13.8 Å². The van der Waals surface area contributed by atoms with Crippen LogP contribution in [0.3, 0.4) is 0 Å². The first-order chi connectivity index (χ1) is 7.15. The zero-order valence-corrected chi connectivity index (χ0v) is 10.3. The lowest BCUT2D eigenvalue weighted by molar-refractivity contribution is -0.122. The molecule has 1 saturated heterocycles. The Morgan fingerprint density at radius 3 is 2.87 bits per heavy atom. The number of hydrogen-bond acceptors (Lipinski definition) is 3. The topological polar surface area (TPSA) is 32.3 Å². The lowest BCUT2D eigenvalue weighted by atomic mass is 10.1. The van der Waals surface area contributed by atoms with Crippen LogP contribution in [0.25, 0.3) is 0 Å². The number of ketones is 1. The number of rotatable bonds is 6. The van der Waals surface area contributed by atoms with E-state index >= 15 is 0 Å². The van der Waals surface area contributed by atoms with Gasteiger partial charge >= 0.3 is 0 Å². The lowest BCUT2D eigenvalue weighted by Crippen LogP contribution is -2.40. The number of carbonyl (C=O) groups is 1. The summed E-state index contributed by atoms with van der Waals surface area (Å²) in [6.07, 6.45) is 3.43. The molecule has 1 atom stereocenters. The SMILES string of the molecule is CNCC(=O)[C@@H]1CCCN1CCC(C)C. The van der Waals surface area contributed by atoms with E-state index < -0.39 is 0 Å². The Bertz CT molecular complexity index is 204. The van der Waals surface area contributed by atoms with Crippen molar-refractivity contribution in [2.45, 2.75) is 39.2 Å². The van der Waals surface area contributed by atoms with Crippen LogP contribution in [0.1, 0.15) is 33.1 Å². The number of carbonyl (C=O) groups excluding carboxylic acids is 1. The Morgan fingerprint density at radius 1 is 1.53 bits per heavy atom. The molecule has 3 nitrogen and oxygen atoms in total. The molecule has 0 aromatic carbocycles. The smallest absolute Gasteiger partial charge is 0.163 e. The average Bonchev–Trinajstić information content (AvgIpc) is 2.62. The number of likely N-dealkylation sites (N-methyl/N-ethyl adjacent to an activating group) is 1. The van der Waals surface area contributed by atoms with Crippen LogP contribution in [-0.4, -0.2) is 43.4 Å². The fourth-order valence-corrected chi connectivity index (χ4v) is 2.17. The van der Waals surface area contributed by atoms with Gasteiger partial charge in [0.25, 0.3) is 0 Å². The van der Waals surface area contributed by atoms with E-state index in [9.17, 15) is 4.79 Å². The summed E-state index contributed by atoms with van der Waals surface area (Å²) in [6.45, 7) is 7.18. The molecule has 88 valence electrons. The number of nitrogens with zero attached hydrogens (tertiary/aromatic N) is 1. The Hall–Kier alpha value is -0.410. The van der Waals surface area contributed by atoms with Crippen LogP contribution in [0.5, 0.6) is 0 Å². The van der Waals surface area contributed by atoms with Gasteiger partial charge in [0, 0.05) is 0 Å². The lowest BCUT2D eigenvalue weighted by Gasteiger charge is -2.24. The highest BCUT2D eigenvalue weighted by Crippen LogP contribution is 2.19. The molecule has 0 bridgehead atoms. The number of nitrogens with one attached hydrogen (secondary N) is 1. The van der Waals surface area contributed by atoms with E-state index in [0.717, 1.165) is 25.4 Å². The minimum Gasteiger partial charge on any atom is -0.313 e. The van der Waals surface area contributed by atoms with Gasteiger partial charge < -0.3 is 5.32 Å². The van der Waals surface area contributed by atoms with E-state index in [1.165, 1.54) is 12.8 Å². The molecule has 0 aliphatic carbocycles. The highest BCUT2D eigenvalue weighted by molar-refractivity contribution is 5.86. The Morgan fingerprint density at radius 2 is 2.27 bits per heavy atom. The molecular weight excluding hydrogens is 188 g/mol. The molecule has 15 heavy (non-hydrogen) atoms. The van der Waals surface area contributed by atoms with Crippen molar-refractivity contribution in [3.63, 3.8) is 0 Å². The maximum Gasteiger partial charge on any atom is 0.163 e. The Balaban J connectivity index is 2.38. The van der Waals surface area contributed by atoms with Crippen molar-refractivity contribution in [1.82, 2.24) is 10.2 Å². The molecule has 1 heterocycles. The first kappa shape index (κ1) is 12.7. The third-order valence-electron chi connectivity index (χ3n) is 3.08. The second kappa shape index (κ2) is 6.23. The molecule has 0 unspecified atom stereocenters. The van der Waals surface area contributed by atoms with E-state index in [0.29, 0.717) is 12.3 Å². The summed E-state index contributed by atoms with van der Waals surface area (Å²) in [6, 6.07) is 0.191. The Kier molecular flexibility index (Phi) is 5.26. The van der Waals surface area contributed by atoms with Crippen LogP contribution < -0.4 is 5.32 Å². The van der Waals surface area contributed by atoms with E-state index in [2.05, 4.69) is 24.1 Å². The molecule has 3 heteroatoms. The van der Waals surface area contributed by atoms with Crippen LogP contribution in [0.2, 0.25) is 0 Å². The molecule has 0 aromatic rings. The van der Waals surface area contributed by atoms with Crippen LogP contribution in [0, 0.1) is 5.92 Å². The van der Waals surface area contributed by atoms with Crippen molar-refractivity contribution < 1.29 is 4.79 Å². The molecule has 1 aliphatic rings. The molecule has 1 rings (SSSR count). The summed E-state index contributed by atoms with van der Waals surface area (Å²) in [5, 5.41) is 2.95. The van der Waals surface area contributed by atoms with E-state index in [-0.39, 0.29) is 6.04 Å². The van der Waals surface area contributed by atoms with E-state index in [1.54, 1.807) is 0 Å². The summed E-state index contributed by atoms with van der Waals surface area (Å²) in [7, 11) is 1.84. The summed E-state index contributed by atoms with van der Waals surface area (Å²) >= 11 is 0. The minimum atomic E-state index is 0.191. The molecule has 1 N–H and O–H groups in total. The number of hydrogen-bond donors (Lipinski definition) is 1. The predicted molar refractivity (Wildman–Crippen MR) is 63.0 cm³/mol. The monoisotopic (exact) mass is 212 g/mol. The van der Waals surface area contributed by atoms with Gasteiger partial charge in [-0.2, -0.15) is 0 Å². The summed E-state index contributed by atoms with van der Waals surface area (Å²) in [4.78, 5) is 14.2. The second-order valence-corrected chi connectivity index (χ2v) is 4.87. The van der Waals surface area contributed by atoms with Crippen molar-refractivity contribution in [3.8, 4) is 0 Å². The first-order valence-electron chi connectivity index (χ1n) is 6.06. The van der Waals surface area contributed by atoms with Crippen molar-refractivity contribution >= 4 is 5.78 Å². The highest BCUT2D eigenvalue weighted by atomic mass is 16.1. The highest BCUT2D eigenvalue weighted by Gasteiger charge is 2.29. The van der Waals surface area contributed by atoms with Crippen LogP contribution in [0.15, 0.2) is 0 Å². The number of likely N-dealkylation sites (tertiary alicyclic amines) is 1. The van der Waals surface area contributed by atoms with Crippen molar-refractivity contribution in [1.29, 1.82) is 0 Å². The molecule has 0 spiro atoms. The molecule has 0 amide bonds. The summed E-state index contributed by atoms with van der Waals surface area (Å²) in [5.41, 5.74) is 0. The maximum absolute atomic E-state index is 11.8. The van der Waals surface area contributed by atoms with Gasteiger partial charge in [-0.3, -0.25) is 9.69 Å². The molecular formula is C12H24N2O. The molecule has 0 radical (unpaired) electrons. The van der Waals surface area contributed by atoms with Crippen molar-refractivity contribution in [2.75, 3.05) is 26.7 Å². The van der Waals surface area contributed by atoms with Gasteiger partial charge in [0.2, 0.25) is 0 Å². The van der Waals surface area contributed by atoms with Crippen molar-refractivity contribution in [2.24, 2.45) is 5.92 Å². The third-order valence-corrected chi connectivity index (χ3v) is 3.08. The fourth-order valence-electron chi connectivity index (χ4n) is 2.17. The second-order valence-electron chi connectivity index (χ2n) is 4.87. The van der Waals surface area contributed by atoms with Gasteiger partial charge in [-0.25, -0.2) is 0 Å². The van der Waals surface area contributed by atoms with E-state index in [1.807, 2.05) is 7.05 Å². The van der Waals surface area contributed by atoms with Gasteiger partial charge in [0.15, 0.2) is 5.78 Å². The van der Waals surface area contributed by atoms with Gasteiger partial charge in [-0.15, -0.1) is 0 Å². The summed E-state index contributed by atoms with van der Waals surface area (Å²) < 4.78 is 0. The fraction of sp³-hybridized carbons (Fsp3) is 0.917. The molecule has 0 saturated carbocycles. The first-order valence-corrected chi connectivity index (χ1v) is 6.06. The van der Waals surface area contributed by atoms with Gasteiger partial charge in [-0.05, 0) is 45.3 Å². The standard InChI is InChI=1S/C12H24N2O/c1-10(2)6-8-14-7-4-5-11(14)12(15)9-13-3/h10-11,13H,4-9H2,1-3H3/t11-/m0/s1. The quantitative estimate of drug-likeness (QED) is 0.720. The zero-order valence-electron chi connectivity index (χ0n) is 10.3. The normalized spacial score (nSPS) is 22.5. The van der Waals surface area contributed by atoms with Gasteiger partial charge in [0.05, 0.1) is 12.6 Å². The average molecular weight is 212 g/mol. The minimum absolute atomic E-state index is 0.191. The molecule has 1 aliphatic heterocycles. The largest absolute Gasteiger partial charge is 0.313 e. The van der Waals surface area contributed by atoms with Crippen LogP contribution >= 0.6 is 0 Å². The Labute approximate surface area is 93.2 Å². The molecule has 0 aromatic heterocycles. The number of Topliss-reactive ketones (excluding diaryl/α,β-unsaturated/α-hetero) is 1. The van der Waals surface area contributed by atoms with Crippen LogP contribution in [-0.2, 0) is 4.79 Å². The van der Waals surface area contributed by atoms with Gasteiger partial charge in [0.1, 0.15) is 0 Å². The molecule has 1 fully saturated rings. The summed E-state index contributed by atoms with van der Waals surface area (Å²) in [5.74, 6) is 1.09. The zero-order chi connectivity index (χ0) is 11.3. The van der Waals surface area contributed by atoms with E-state index in [4.69, 9.17) is 0 Å². The third kappa shape index (κ3) is 3.92. The van der Waals surface area contributed by atoms with Crippen molar-refractivity contribution in [3.05, 3.63) is 0 Å². The van der Waals surface area contributed by atoms with Crippen LogP contribution in [0.4, 0.5) is 0 Å².